The molecule has 1 heterocycles. The zero-order chi connectivity index (χ0) is 13.9. The molecule has 4 heteroatoms. The fraction of sp³-hybridized carbons (Fsp3) is 0.600. The van der Waals surface area contributed by atoms with Gasteiger partial charge in [-0.1, -0.05) is 13.0 Å². The molecule has 1 aliphatic carbocycles. The quantitative estimate of drug-likeness (QED) is 0.867. The van der Waals surface area contributed by atoms with Crippen LogP contribution in [0.2, 0.25) is 0 Å². The van der Waals surface area contributed by atoms with Crippen LogP contribution < -0.4 is 11.5 Å². The van der Waals surface area contributed by atoms with Crippen LogP contribution in [0, 0.1) is 11.3 Å². The van der Waals surface area contributed by atoms with Gasteiger partial charge in [-0.05, 0) is 37.7 Å². The second kappa shape index (κ2) is 5.70. The van der Waals surface area contributed by atoms with Gasteiger partial charge in [0, 0.05) is 30.1 Å². The van der Waals surface area contributed by atoms with Gasteiger partial charge in [-0.25, -0.2) is 4.98 Å². The van der Waals surface area contributed by atoms with Crippen LogP contribution in [0.3, 0.4) is 0 Å². The van der Waals surface area contributed by atoms with E-state index in [2.05, 4.69) is 11.9 Å². The van der Waals surface area contributed by atoms with E-state index >= 15 is 0 Å². The molecule has 1 aliphatic rings. The molecule has 0 unspecified atom stereocenters. The molecule has 0 radical (unpaired) electrons. The van der Waals surface area contributed by atoms with E-state index in [1.807, 2.05) is 12.1 Å². The number of nitrogens with zero attached hydrogens (tertiary/aromatic N) is 1. The molecular weight excluding hydrogens is 238 g/mol. The number of aromatic nitrogens is 1. The minimum absolute atomic E-state index is 0.224. The summed E-state index contributed by atoms with van der Waals surface area (Å²) in [7, 11) is 0. The third-order valence-electron chi connectivity index (χ3n) is 4.49. The van der Waals surface area contributed by atoms with E-state index in [-0.39, 0.29) is 11.2 Å². The van der Waals surface area contributed by atoms with Gasteiger partial charge in [-0.3, -0.25) is 4.79 Å². The van der Waals surface area contributed by atoms with Gasteiger partial charge in [0.25, 0.3) is 0 Å². The lowest BCUT2D eigenvalue weighted by Crippen LogP contribution is -2.42. The Morgan fingerprint density at radius 1 is 1.47 bits per heavy atom. The van der Waals surface area contributed by atoms with E-state index in [4.69, 9.17) is 11.5 Å². The van der Waals surface area contributed by atoms with E-state index < -0.39 is 0 Å². The van der Waals surface area contributed by atoms with Crippen LogP contribution in [0.25, 0.3) is 0 Å². The number of carbonyl (C=O) groups is 1. The molecule has 104 valence electrons. The molecule has 1 saturated carbocycles. The number of ketones is 1. The van der Waals surface area contributed by atoms with Crippen molar-refractivity contribution in [2.24, 2.45) is 17.1 Å². The molecule has 0 bridgehead atoms. The molecule has 2 rings (SSSR count). The number of pyridine rings is 1. The molecule has 0 aliphatic heterocycles. The molecule has 1 aromatic rings. The first-order valence-corrected chi connectivity index (χ1v) is 7.00. The largest absolute Gasteiger partial charge is 0.383 e. The molecule has 4 N–H and O–H groups in total. The summed E-state index contributed by atoms with van der Waals surface area (Å²) in [4.78, 5) is 16.6. The summed E-state index contributed by atoms with van der Waals surface area (Å²) < 4.78 is 0. The van der Waals surface area contributed by atoms with Crippen LogP contribution in [0.5, 0.6) is 0 Å². The Kier molecular flexibility index (Phi) is 4.20. The zero-order valence-electron chi connectivity index (χ0n) is 11.6. The van der Waals surface area contributed by atoms with Crippen molar-refractivity contribution in [2.45, 2.75) is 39.0 Å². The molecule has 0 amide bonds. The van der Waals surface area contributed by atoms with Crippen LogP contribution in [-0.2, 0) is 11.2 Å². The Bertz CT molecular complexity index is 450. The molecule has 0 spiro atoms. The molecule has 1 fully saturated rings. The normalized spacial score (nSPS) is 27.2. The number of rotatable bonds is 4. The van der Waals surface area contributed by atoms with Crippen LogP contribution in [0.4, 0.5) is 5.82 Å². The summed E-state index contributed by atoms with van der Waals surface area (Å²) >= 11 is 0. The summed E-state index contributed by atoms with van der Waals surface area (Å²) in [5.41, 5.74) is 12.2. The molecular formula is C15H23N3O. The van der Waals surface area contributed by atoms with Crippen LogP contribution in [0.1, 0.15) is 38.2 Å². The number of hydrogen-bond donors (Lipinski definition) is 2. The Morgan fingerprint density at radius 2 is 2.16 bits per heavy atom. The van der Waals surface area contributed by atoms with Crippen molar-refractivity contribution in [1.82, 2.24) is 4.98 Å². The highest BCUT2D eigenvalue weighted by atomic mass is 16.1. The first kappa shape index (κ1) is 14.0. The summed E-state index contributed by atoms with van der Waals surface area (Å²) in [6.45, 7) is 2.68. The van der Waals surface area contributed by atoms with Crippen LogP contribution in [0.15, 0.2) is 18.3 Å². The maximum absolute atomic E-state index is 12.6. The third-order valence-corrected chi connectivity index (χ3v) is 4.49. The zero-order valence-corrected chi connectivity index (χ0v) is 11.6. The standard InChI is InChI=1S/C15H23N3O/c1-11-4-6-15(10-16,7-5-11)13(19)9-12-3-2-8-18-14(12)17/h2-3,8,11H,4-7,9-10,16H2,1H3,(H2,17,18). The SMILES string of the molecule is CC1CCC(CN)(C(=O)Cc2cccnc2N)CC1. The predicted octanol–water partition coefficient (Wildman–Crippen LogP) is 1.93. The molecule has 0 saturated heterocycles. The average Bonchev–Trinajstić information content (AvgIpc) is 2.42. The topological polar surface area (TPSA) is 82.0 Å². The lowest BCUT2D eigenvalue weighted by atomic mass is 9.67. The lowest BCUT2D eigenvalue weighted by molar-refractivity contribution is -0.129. The van der Waals surface area contributed by atoms with Gasteiger partial charge >= 0.3 is 0 Å². The smallest absolute Gasteiger partial charge is 0.144 e. The Hall–Kier alpha value is -1.42. The van der Waals surface area contributed by atoms with Crippen LogP contribution >= 0.6 is 0 Å². The van der Waals surface area contributed by atoms with Crippen molar-refractivity contribution in [1.29, 1.82) is 0 Å². The van der Waals surface area contributed by atoms with E-state index in [0.29, 0.717) is 24.7 Å². The van der Waals surface area contributed by atoms with Gasteiger partial charge in [0.05, 0.1) is 0 Å². The van der Waals surface area contributed by atoms with Crippen molar-refractivity contribution in [3.05, 3.63) is 23.9 Å². The van der Waals surface area contributed by atoms with Crippen molar-refractivity contribution < 1.29 is 4.79 Å². The monoisotopic (exact) mass is 261 g/mol. The summed E-state index contributed by atoms with van der Waals surface area (Å²) in [5.74, 6) is 1.38. The predicted molar refractivity (Wildman–Crippen MR) is 76.5 cm³/mol. The number of nitrogens with two attached hydrogens (primary N) is 2. The minimum atomic E-state index is -0.339. The average molecular weight is 261 g/mol. The number of anilines is 1. The van der Waals surface area contributed by atoms with E-state index in [1.165, 1.54) is 0 Å². The summed E-state index contributed by atoms with van der Waals surface area (Å²) in [6.07, 6.45) is 5.99. The van der Waals surface area contributed by atoms with Gasteiger partial charge < -0.3 is 11.5 Å². The van der Waals surface area contributed by atoms with Gasteiger partial charge in [0.15, 0.2) is 0 Å². The summed E-state index contributed by atoms with van der Waals surface area (Å²) in [6, 6.07) is 3.69. The number of nitrogen functional groups attached to an aromatic ring is 1. The first-order chi connectivity index (χ1) is 9.07. The fourth-order valence-electron chi connectivity index (χ4n) is 2.87. The van der Waals surface area contributed by atoms with Crippen molar-refractivity contribution in [2.75, 3.05) is 12.3 Å². The highest BCUT2D eigenvalue weighted by Gasteiger charge is 2.39. The van der Waals surface area contributed by atoms with E-state index in [0.717, 1.165) is 31.2 Å². The molecule has 1 aromatic heterocycles. The second-order valence-electron chi connectivity index (χ2n) is 5.81. The molecule has 4 nitrogen and oxygen atoms in total. The number of carbonyl (C=O) groups excluding carboxylic acids is 1. The van der Waals surface area contributed by atoms with Gasteiger partial charge in [0.2, 0.25) is 0 Å². The highest BCUT2D eigenvalue weighted by Crippen LogP contribution is 2.39. The first-order valence-electron chi connectivity index (χ1n) is 7.00. The van der Waals surface area contributed by atoms with E-state index in [1.54, 1.807) is 6.20 Å². The Morgan fingerprint density at radius 3 is 2.74 bits per heavy atom. The van der Waals surface area contributed by atoms with Gasteiger partial charge in [-0.2, -0.15) is 0 Å². The molecule has 0 aromatic carbocycles. The maximum atomic E-state index is 12.6. The fourth-order valence-corrected chi connectivity index (χ4v) is 2.87. The van der Waals surface area contributed by atoms with Crippen molar-refractivity contribution in [3.63, 3.8) is 0 Å². The molecule has 0 atom stereocenters. The second-order valence-corrected chi connectivity index (χ2v) is 5.81. The van der Waals surface area contributed by atoms with Gasteiger partial charge in [-0.15, -0.1) is 0 Å². The Balaban J connectivity index is 2.12. The van der Waals surface area contributed by atoms with Crippen molar-refractivity contribution in [3.8, 4) is 0 Å². The Labute approximate surface area is 114 Å². The lowest BCUT2D eigenvalue weighted by Gasteiger charge is -2.37. The van der Waals surface area contributed by atoms with Gasteiger partial charge in [0.1, 0.15) is 11.6 Å². The van der Waals surface area contributed by atoms with Crippen molar-refractivity contribution >= 4 is 11.6 Å². The van der Waals surface area contributed by atoms with E-state index in [9.17, 15) is 4.79 Å². The summed E-state index contributed by atoms with van der Waals surface area (Å²) in [5, 5.41) is 0. The highest BCUT2D eigenvalue weighted by molar-refractivity contribution is 5.88. The minimum Gasteiger partial charge on any atom is -0.383 e. The number of hydrogen-bond acceptors (Lipinski definition) is 4. The maximum Gasteiger partial charge on any atom is 0.144 e. The molecule has 19 heavy (non-hydrogen) atoms. The van der Waals surface area contributed by atoms with Crippen LogP contribution in [-0.4, -0.2) is 17.3 Å². The third kappa shape index (κ3) is 2.95. The number of Topliss-reactive ketones (excluding diaryl/α,β-unsaturated/α-hetero) is 1.